The number of anilines is 1. The molecule has 3 amide bonds. The first-order chi connectivity index (χ1) is 15.8. The lowest BCUT2D eigenvalue weighted by Crippen LogP contribution is -2.50. The second kappa shape index (κ2) is 9.72. The van der Waals surface area contributed by atoms with E-state index in [-0.39, 0.29) is 17.4 Å². The van der Waals surface area contributed by atoms with Crippen LogP contribution in [-0.2, 0) is 0 Å². The van der Waals surface area contributed by atoms with E-state index in [4.69, 9.17) is 11.6 Å². The van der Waals surface area contributed by atoms with Crippen LogP contribution in [0.15, 0.2) is 54.6 Å². The predicted molar refractivity (Wildman–Crippen MR) is 127 cm³/mol. The van der Waals surface area contributed by atoms with E-state index in [9.17, 15) is 18.8 Å². The minimum absolute atomic E-state index is 0.0894. The molecule has 1 aliphatic rings. The van der Waals surface area contributed by atoms with Gasteiger partial charge >= 0.3 is 0 Å². The Morgan fingerprint density at radius 1 is 0.909 bits per heavy atom. The van der Waals surface area contributed by atoms with Crippen LogP contribution < -0.4 is 5.32 Å². The van der Waals surface area contributed by atoms with Gasteiger partial charge in [-0.3, -0.25) is 14.4 Å². The maximum absolute atomic E-state index is 13.4. The van der Waals surface area contributed by atoms with Gasteiger partial charge in [0.15, 0.2) is 0 Å². The Kier molecular flexibility index (Phi) is 6.76. The fourth-order valence-electron chi connectivity index (χ4n) is 3.60. The maximum Gasteiger partial charge on any atom is 0.264 e. The molecule has 0 radical (unpaired) electrons. The highest BCUT2D eigenvalue weighted by Gasteiger charge is 2.27. The van der Waals surface area contributed by atoms with Crippen LogP contribution in [0.25, 0.3) is 0 Å². The van der Waals surface area contributed by atoms with Crippen LogP contribution in [0.4, 0.5) is 9.39 Å². The third kappa shape index (κ3) is 5.23. The molecule has 9 heteroatoms. The van der Waals surface area contributed by atoms with E-state index in [1.165, 1.54) is 29.5 Å². The van der Waals surface area contributed by atoms with Gasteiger partial charge in [-0.15, -0.1) is 11.3 Å². The van der Waals surface area contributed by atoms with Gasteiger partial charge < -0.3 is 15.1 Å². The molecular weight excluding hydrogens is 465 g/mol. The molecule has 6 nitrogen and oxygen atoms in total. The number of benzene rings is 2. The van der Waals surface area contributed by atoms with Crippen molar-refractivity contribution in [3.8, 4) is 0 Å². The van der Waals surface area contributed by atoms with Crippen LogP contribution in [0, 0.1) is 12.7 Å². The van der Waals surface area contributed by atoms with Gasteiger partial charge in [0, 0.05) is 42.3 Å². The fraction of sp³-hybridized carbons (Fsp3) is 0.208. The number of nitrogens with zero attached hydrogens (tertiary/aromatic N) is 2. The van der Waals surface area contributed by atoms with Crippen LogP contribution in [0.2, 0.25) is 5.02 Å². The largest absolute Gasteiger partial charge is 0.335 e. The quantitative estimate of drug-likeness (QED) is 0.582. The van der Waals surface area contributed by atoms with Crippen molar-refractivity contribution in [2.45, 2.75) is 6.92 Å². The van der Waals surface area contributed by atoms with Crippen LogP contribution in [-0.4, -0.2) is 53.7 Å². The van der Waals surface area contributed by atoms with E-state index in [1.54, 1.807) is 40.1 Å². The Balaban J connectivity index is 1.38. The van der Waals surface area contributed by atoms with E-state index in [2.05, 4.69) is 5.32 Å². The Morgan fingerprint density at radius 2 is 1.55 bits per heavy atom. The number of thiophene rings is 1. The molecule has 2 aromatic carbocycles. The first-order valence-corrected chi connectivity index (χ1v) is 11.5. The van der Waals surface area contributed by atoms with Crippen LogP contribution in [0.5, 0.6) is 0 Å². The number of aryl methyl sites for hydroxylation is 1. The normalized spacial score (nSPS) is 13.7. The number of carbonyl (C=O) groups excluding carboxylic acids is 3. The van der Waals surface area contributed by atoms with Crippen molar-refractivity contribution in [1.82, 2.24) is 9.80 Å². The van der Waals surface area contributed by atoms with Gasteiger partial charge in [-0.1, -0.05) is 17.7 Å². The van der Waals surface area contributed by atoms with Crippen molar-refractivity contribution < 1.29 is 18.8 Å². The molecule has 2 heterocycles. The van der Waals surface area contributed by atoms with Crippen molar-refractivity contribution in [3.05, 3.63) is 87.0 Å². The zero-order valence-electron chi connectivity index (χ0n) is 17.8. The fourth-order valence-corrected chi connectivity index (χ4v) is 4.76. The lowest BCUT2D eigenvalue weighted by Gasteiger charge is -2.34. The van der Waals surface area contributed by atoms with Gasteiger partial charge in [-0.2, -0.15) is 0 Å². The summed E-state index contributed by atoms with van der Waals surface area (Å²) in [6.07, 6.45) is 0. The Hall–Kier alpha value is -3.23. The molecule has 1 fully saturated rings. The Morgan fingerprint density at radius 3 is 2.18 bits per heavy atom. The van der Waals surface area contributed by atoms with E-state index in [0.717, 1.165) is 11.6 Å². The first kappa shape index (κ1) is 22.9. The monoisotopic (exact) mass is 485 g/mol. The summed E-state index contributed by atoms with van der Waals surface area (Å²) in [4.78, 5) is 42.1. The number of carbonyl (C=O) groups is 3. The highest BCUT2D eigenvalue weighted by atomic mass is 35.5. The lowest BCUT2D eigenvalue weighted by molar-refractivity contribution is 0.0537. The van der Waals surface area contributed by atoms with Gasteiger partial charge in [0.05, 0.1) is 9.88 Å². The first-order valence-electron chi connectivity index (χ1n) is 10.3. The van der Waals surface area contributed by atoms with Crippen molar-refractivity contribution in [2.24, 2.45) is 0 Å². The summed E-state index contributed by atoms with van der Waals surface area (Å²) in [6, 6.07) is 13.9. The number of rotatable bonds is 4. The molecule has 1 aliphatic heterocycles. The minimum Gasteiger partial charge on any atom is -0.335 e. The van der Waals surface area contributed by atoms with Gasteiger partial charge in [-0.25, -0.2) is 4.39 Å². The average Bonchev–Trinajstić information content (AvgIpc) is 3.18. The van der Waals surface area contributed by atoms with E-state index in [1.807, 2.05) is 6.92 Å². The molecule has 0 aliphatic carbocycles. The number of hydrogen-bond donors (Lipinski definition) is 1. The molecular formula is C24H21ClFN3O3S. The second-order valence-electron chi connectivity index (χ2n) is 7.68. The smallest absolute Gasteiger partial charge is 0.264 e. The molecule has 33 heavy (non-hydrogen) atoms. The second-order valence-corrected chi connectivity index (χ2v) is 9.17. The Bertz CT molecular complexity index is 1200. The zero-order chi connectivity index (χ0) is 23.5. The molecule has 4 rings (SSSR count). The van der Waals surface area contributed by atoms with E-state index < -0.39 is 11.7 Å². The van der Waals surface area contributed by atoms with Crippen molar-refractivity contribution in [1.29, 1.82) is 0 Å². The van der Waals surface area contributed by atoms with Crippen molar-refractivity contribution in [2.75, 3.05) is 31.5 Å². The summed E-state index contributed by atoms with van der Waals surface area (Å²) in [7, 11) is 0. The lowest BCUT2D eigenvalue weighted by atomic mass is 10.1. The molecule has 1 aromatic heterocycles. The summed E-state index contributed by atoms with van der Waals surface area (Å²) >= 11 is 7.07. The summed E-state index contributed by atoms with van der Waals surface area (Å²) in [6.45, 7) is 3.50. The molecule has 0 bridgehead atoms. The number of nitrogens with one attached hydrogen (secondary N) is 1. The molecule has 0 unspecified atom stereocenters. The highest BCUT2D eigenvalue weighted by Crippen LogP contribution is 2.29. The molecule has 1 saturated heterocycles. The SMILES string of the molecule is Cc1cc(NC(=O)c2cccc(F)c2)sc1C(=O)N1CCN(C(=O)c2ccc(Cl)cc2)CC1. The summed E-state index contributed by atoms with van der Waals surface area (Å²) in [5.41, 5.74) is 1.52. The number of halogens is 2. The van der Waals surface area contributed by atoms with Crippen LogP contribution in [0.1, 0.15) is 36.0 Å². The van der Waals surface area contributed by atoms with Crippen LogP contribution >= 0.6 is 22.9 Å². The van der Waals surface area contributed by atoms with Crippen molar-refractivity contribution in [3.63, 3.8) is 0 Å². The number of piperazine rings is 1. The summed E-state index contributed by atoms with van der Waals surface area (Å²) in [5, 5.41) is 3.81. The number of hydrogen-bond acceptors (Lipinski definition) is 4. The zero-order valence-corrected chi connectivity index (χ0v) is 19.4. The average molecular weight is 486 g/mol. The van der Waals surface area contributed by atoms with Gasteiger partial charge in [0.1, 0.15) is 5.82 Å². The van der Waals surface area contributed by atoms with Gasteiger partial charge in [0.2, 0.25) is 0 Å². The molecule has 1 N–H and O–H groups in total. The third-order valence-electron chi connectivity index (χ3n) is 5.38. The van der Waals surface area contributed by atoms with E-state index >= 15 is 0 Å². The summed E-state index contributed by atoms with van der Waals surface area (Å²) < 4.78 is 13.4. The number of amides is 3. The predicted octanol–water partition coefficient (Wildman–Crippen LogP) is 4.70. The summed E-state index contributed by atoms with van der Waals surface area (Å²) in [5.74, 6) is -1.16. The van der Waals surface area contributed by atoms with E-state index in [0.29, 0.717) is 46.6 Å². The third-order valence-corrected chi connectivity index (χ3v) is 6.77. The minimum atomic E-state index is -0.491. The van der Waals surface area contributed by atoms with Crippen LogP contribution in [0.3, 0.4) is 0 Å². The van der Waals surface area contributed by atoms with Crippen molar-refractivity contribution >= 4 is 45.7 Å². The standard InChI is InChI=1S/C24H21ClFN3O3S/c1-15-13-20(27-22(30)17-3-2-4-19(26)14-17)33-21(15)24(32)29-11-9-28(10-12-29)23(31)16-5-7-18(25)8-6-16/h2-8,13-14H,9-12H2,1H3,(H,27,30). The molecule has 0 saturated carbocycles. The maximum atomic E-state index is 13.4. The topological polar surface area (TPSA) is 69.7 Å². The van der Waals surface area contributed by atoms with Gasteiger partial charge in [0.25, 0.3) is 17.7 Å². The molecule has 0 atom stereocenters. The van der Waals surface area contributed by atoms with Gasteiger partial charge in [-0.05, 0) is 61.0 Å². The molecule has 0 spiro atoms. The Labute approximate surface area is 199 Å². The molecule has 3 aromatic rings. The highest BCUT2D eigenvalue weighted by molar-refractivity contribution is 7.18. The molecule has 170 valence electrons.